The molecule has 0 radical (unpaired) electrons. The molecule has 1 saturated carbocycles. The zero-order valence-electron chi connectivity index (χ0n) is 7.47. The number of sulfonamides is 1. The molecular formula is C7H12F3NO2S. The normalized spacial score (nSPS) is 26.0. The van der Waals surface area contributed by atoms with Crippen LogP contribution in [0.25, 0.3) is 0 Å². The topological polar surface area (TPSA) is 60.2 Å². The minimum absolute atomic E-state index is 0.448. The van der Waals surface area contributed by atoms with E-state index in [4.69, 9.17) is 0 Å². The highest BCUT2D eigenvalue weighted by Crippen LogP contribution is 2.40. The molecular weight excluding hydrogens is 219 g/mol. The summed E-state index contributed by atoms with van der Waals surface area (Å²) in [5.74, 6) is -3.73. The molecule has 0 aromatic heterocycles. The molecule has 0 amide bonds. The molecule has 0 aromatic carbocycles. The molecule has 1 rings (SSSR count). The van der Waals surface area contributed by atoms with Crippen molar-refractivity contribution in [3.05, 3.63) is 0 Å². The van der Waals surface area contributed by atoms with E-state index in [2.05, 4.69) is 5.14 Å². The van der Waals surface area contributed by atoms with Crippen LogP contribution in [0, 0.1) is 0 Å². The highest BCUT2D eigenvalue weighted by Gasteiger charge is 2.45. The van der Waals surface area contributed by atoms with E-state index in [1.165, 1.54) is 0 Å². The molecule has 3 nitrogen and oxygen atoms in total. The summed E-state index contributed by atoms with van der Waals surface area (Å²) >= 11 is 0. The summed E-state index contributed by atoms with van der Waals surface area (Å²) in [4.78, 5) is 0. The van der Waals surface area contributed by atoms with Crippen LogP contribution in [0.5, 0.6) is 0 Å². The maximum absolute atomic E-state index is 13.6. The third kappa shape index (κ3) is 3.45. The van der Waals surface area contributed by atoms with Gasteiger partial charge in [0.2, 0.25) is 15.9 Å². The van der Waals surface area contributed by atoms with Gasteiger partial charge in [-0.05, 0) is 12.8 Å². The predicted molar refractivity (Wildman–Crippen MR) is 45.2 cm³/mol. The van der Waals surface area contributed by atoms with Gasteiger partial charge in [-0.1, -0.05) is 0 Å². The number of hydrogen-bond acceptors (Lipinski definition) is 2. The van der Waals surface area contributed by atoms with E-state index in [0.717, 1.165) is 0 Å². The van der Waals surface area contributed by atoms with Gasteiger partial charge in [0.15, 0.2) is 0 Å². The standard InChI is InChI=1S/C7H12F3NO2S/c8-6(5-14(11,12)13)1-3-7(9,10)4-2-6/h1-5H2,(H2,11,12,13). The maximum Gasteiger partial charge on any atom is 0.248 e. The molecule has 0 atom stereocenters. The highest BCUT2D eigenvalue weighted by molar-refractivity contribution is 7.89. The van der Waals surface area contributed by atoms with Gasteiger partial charge in [0.05, 0.1) is 5.75 Å². The van der Waals surface area contributed by atoms with Gasteiger partial charge in [-0.25, -0.2) is 26.7 Å². The number of primary sulfonamides is 1. The molecule has 0 bridgehead atoms. The smallest absolute Gasteiger partial charge is 0.243 e. The number of alkyl halides is 3. The molecule has 1 fully saturated rings. The van der Waals surface area contributed by atoms with Crippen LogP contribution in [0.3, 0.4) is 0 Å². The Bertz CT molecular complexity index is 305. The van der Waals surface area contributed by atoms with E-state index in [-0.39, 0.29) is 0 Å². The molecule has 0 aliphatic heterocycles. The molecule has 7 heteroatoms. The van der Waals surface area contributed by atoms with E-state index in [9.17, 15) is 21.6 Å². The van der Waals surface area contributed by atoms with Gasteiger partial charge >= 0.3 is 0 Å². The van der Waals surface area contributed by atoms with Crippen molar-refractivity contribution in [3.63, 3.8) is 0 Å². The first-order valence-electron chi connectivity index (χ1n) is 4.19. The Kier molecular flexibility index (Phi) is 2.84. The summed E-state index contributed by atoms with van der Waals surface area (Å²) in [6.45, 7) is 0. The summed E-state index contributed by atoms with van der Waals surface area (Å²) in [5.41, 5.74) is -2.07. The summed E-state index contributed by atoms with van der Waals surface area (Å²) in [6, 6.07) is 0. The molecule has 0 spiro atoms. The molecule has 2 N–H and O–H groups in total. The molecule has 0 unspecified atom stereocenters. The third-order valence-electron chi connectivity index (χ3n) is 2.34. The van der Waals surface area contributed by atoms with Gasteiger partial charge in [-0.15, -0.1) is 0 Å². The van der Waals surface area contributed by atoms with E-state index in [0.29, 0.717) is 0 Å². The van der Waals surface area contributed by atoms with E-state index in [1.54, 1.807) is 0 Å². The second-order valence-electron chi connectivity index (χ2n) is 3.81. The maximum atomic E-state index is 13.6. The fourth-order valence-electron chi connectivity index (χ4n) is 1.57. The molecule has 0 saturated heterocycles. The first-order chi connectivity index (χ1) is 6.12. The Balaban J connectivity index is 2.63. The van der Waals surface area contributed by atoms with Gasteiger partial charge in [-0.2, -0.15) is 0 Å². The summed E-state index contributed by atoms with van der Waals surface area (Å²) < 4.78 is 60.1. The first-order valence-corrected chi connectivity index (χ1v) is 5.91. The van der Waals surface area contributed by atoms with E-state index < -0.39 is 53.1 Å². The van der Waals surface area contributed by atoms with Crippen molar-refractivity contribution in [1.82, 2.24) is 0 Å². The van der Waals surface area contributed by atoms with Gasteiger partial charge in [-0.3, -0.25) is 0 Å². The Morgan fingerprint density at radius 3 is 1.86 bits per heavy atom. The lowest BCUT2D eigenvalue weighted by molar-refractivity contribution is -0.0699. The SMILES string of the molecule is NS(=O)(=O)CC1(F)CCC(F)(F)CC1. The zero-order valence-corrected chi connectivity index (χ0v) is 8.29. The second kappa shape index (κ2) is 3.37. The first kappa shape index (κ1) is 11.8. The van der Waals surface area contributed by atoms with Crippen molar-refractivity contribution in [2.45, 2.75) is 37.3 Å². The Hall–Kier alpha value is -0.300. The van der Waals surface area contributed by atoms with Crippen molar-refractivity contribution in [1.29, 1.82) is 0 Å². The highest BCUT2D eigenvalue weighted by atomic mass is 32.2. The van der Waals surface area contributed by atoms with Crippen LogP contribution in [-0.2, 0) is 10.0 Å². The van der Waals surface area contributed by atoms with Gasteiger partial charge in [0.25, 0.3) is 0 Å². The van der Waals surface area contributed by atoms with Crippen molar-refractivity contribution in [3.8, 4) is 0 Å². The van der Waals surface area contributed by atoms with Gasteiger partial charge in [0.1, 0.15) is 5.67 Å². The zero-order chi connectivity index (χ0) is 11.0. The number of hydrogen-bond donors (Lipinski definition) is 1. The van der Waals surface area contributed by atoms with E-state index >= 15 is 0 Å². The minimum atomic E-state index is -3.94. The van der Waals surface area contributed by atoms with Crippen molar-refractivity contribution >= 4 is 10.0 Å². The molecule has 0 aromatic rings. The molecule has 84 valence electrons. The van der Waals surface area contributed by atoms with Crippen LogP contribution in [-0.4, -0.2) is 25.8 Å². The van der Waals surface area contributed by atoms with Crippen molar-refractivity contribution in [2.75, 3.05) is 5.75 Å². The monoisotopic (exact) mass is 231 g/mol. The number of halogens is 3. The Morgan fingerprint density at radius 1 is 1.07 bits per heavy atom. The molecule has 1 aliphatic carbocycles. The number of nitrogens with two attached hydrogens (primary N) is 1. The second-order valence-corrected chi connectivity index (χ2v) is 5.43. The fourth-order valence-corrected chi connectivity index (χ4v) is 2.58. The molecule has 0 heterocycles. The van der Waals surface area contributed by atoms with Crippen LogP contribution < -0.4 is 5.14 Å². The van der Waals surface area contributed by atoms with Gasteiger partial charge in [0, 0.05) is 12.8 Å². The lowest BCUT2D eigenvalue weighted by Crippen LogP contribution is -2.42. The van der Waals surface area contributed by atoms with Crippen LogP contribution in [0.2, 0.25) is 0 Å². The summed E-state index contributed by atoms with van der Waals surface area (Å²) in [7, 11) is -3.94. The Morgan fingerprint density at radius 2 is 1.50 bits per heavy atom. The van der Waals surface area contributed by atoms with Crippen molar-refractivity contribution in [2.24, 2.45) is 5.14 Å². The predicted octanol–water partition coefficient (Wildman–Crippen LogP) is 1.19. The molecule has 14 heavy (non-hydrogen) atoms. The van der Waals surface area contributed by atoms with Gasteiger partial charge < -0.3 is 0 Å². The van der Waals surface area contributed by atoms with Crippen LogP contribution in [0.15, 0.2) is 0 Å². The lowest BCUT2D eigenvalue weighted by Gasteiger charge is -2.32. The minimum Gasteiger partial charge on any atom is -0.243 e. The van der Waals surface area contributed by atoms with E-state index in [1.807, 2.05) is 0 Å². The Labute approximate surface area is 80.5 Å². The summed E-state index contributed by atoms with van der Waals surface area (Å²) in [6.07, 6.45) is -2.12. The largest absolute Gasteiger partial charge is 0.248 e. The lowest BCUT2D eigenvalue weighted by atomic mass is 9.85. The van der Waals surface area contributed by atoms with Crippen LogP contribution >= 0.6 is 0 Å². The number of rotatable bonds is 2. The fraction of sp³-hybridized carbons (Fsp3) is 1.00. The van der Waals surface area contributed by atoms with Crippen molar-refractivity contribution < 1.29 is 21.6 Å². The van der Waals surface area contributed by atoms with Crippen LogP contribution in [0.1, 0.15) is 25.7 Å². The van der Waals surface area contributed by atoms with Crippen LogP contribution in [0.4, 0.5) is 13.2 Å². The average Bonchev–Trinajstić information content (AvgIpc) is 1.93. The summed E-state index contributed by atoms with van der Waals surface area (Å²) in [5, 5.41) is 4.66. The third-order valence-corrected chi connectivity index (χ3v) is 3.26. The average molecular weight is 231 g/mol. The quantitative estimate of drug-likeness (QED) is 0.776. The molecule has 1 aliphatic rings.